The summed E-state index contributed by atoms with van der Waals surface area (Å²) in [6.07, 6.45) is 0. The Morgan fingerprint density at radius 2 is 2.05 bits per heavy atom. The van der Waals surface area contributed by atoms with Crippen molar-refractivity contribution in [1.29, 1.82) is 0 Å². The number of methoxy groups -OCH3 is 1. The van der Waals surface area contributed by atoms with Crippen LogP contribution in [0.15, 0.2) is 12.1 Å². The van der Waals surface area contributed by atoms with Crippen LogP contribution in [0, 0.1) is 6.92 Å². The van der Waals surface area contributed by atoms with E-state index in [2.05, 4.69) is 24.5 Å². The molecule has 0 unspecified atom stereocenters. The molecular formula is C15H24N2O2. The molecule has 0 saturated heterocycles. The molecule has 4 heteroatoms. The molecule has 0 aliphatic heterocycles. The number of ether oxygens (including phenoxy) is 1. The normalized spacial score (nSPS) is 10.6. The summed E-state index contributed by atoms with van der Waals surface area (Å²) in [5, 5.41) is 5.95. The van der Waals surface area contributed by atoms with Crippen LogP contribution in [0.1, 0.15) is 37.8 Å². The predicted molar refractivity (Wildman–Crippen MR) is 79.0 cm³/mol. The Morgan fingerprint density at radius 1 is 1.37 bits per heavy atom. The van der Waals surface area contributed by atoms with Gasteiger partial charge in [0.1, 0.15) is 5.75 Å². The summed E-state index contributed by atoms with van der Waals surface area (Å²) in [6, 6.07) is 3.97. The lowest BCUT2D eigenvalue weighted by atomic mass is 9.99. The molecule has 0 atom stereocenters. The quantitative estimate of drug-likeness (QED) is 0.830. The van der Waals surface area contributed by atoms with Gasteiger partial charge in [0.2, 0.25) is 5.91 Å². The molecule has 0 saturated carbocycles. The first kappa shape index (κ1) is 15.5. The van der Waals surface area contributed by atoms with Crippen molar-refractivity contribution in [2.45, 2.75) is 33.6 Å². The van der Waals surface area contributed by atoms with Gasteiger partial charge in [0.25, 0.3) is 0 Å². The number of aryl methyl sites for hydroxylation is 1. The standard InChI is InChI=1S/C15H24N2O2/c1-6-16-9-15(18)17-13-8-12(10(2)3)14(19-5)7-11(13)4/h7-8,10,16H,6,9H2,1-5H3,(H,17,18). The minimum Gasteiger partial charge on any atom is -0.496 e. The predicted octanol–water partition coefficient (Wildman–Crippen LogP) is 2.68. The van der Waals surface area contributed by atoms with Gasteiger partial charge in [-0.3, -0.25) is 4.79 Å². The second kappa shape index (κ2) is 7.14. The Balaban J connectivity index is 2.95. The third-order valence-corrected chi connectivity index (χ3v) is 3.01. The molecule has 1 aromatic rings. The van der Waals surface area contributed by atoms with Crippen molar-refractivity contribution in [2.24, 2.45) is 0 Å². The van der Waals surface area contributed by atoms with E-state index in [4.69, 9.17) is 4.74 Å². The van der Waals surface area contributed by atoms with Gasteiger partial charge in [0, 0.05) is 5.69 Å². The number of carbonyl (C=O) groups excluding carboxylic acids is 1. The minimum absolute atomic E-state index is 0.0233. The monoisotopic (exact) mass is 264 g/mol. The molecule has 0 aliphatic rings. The highest BCUT2D eigenvalue weighted by atomic mass is 16.5. The number of amides is 1. The highest BCUT2D eigenvalue weighted by Gasteiger charge is 2.12. The zero-order valence-corrected chi connectivity index (χ0v) is 12.5. The van der Waals surface area contributed by atoms with E-state index < -0.39 is 0 Å². The van der Waals surface area contributed by atoms with E-state index >= 15 is 0 Å². The summed E-state index contributed by atoms with van der Waals surface area (Å²) in [5.74, 6) is 1.20. The summed E-state index contributed by atoms with van der Waals surface area (Å²) in [4.78, 5) is 11.8. The largest absolute Gasteiger partial charge is 0.496 e. The van der Waals surface area contributed by atoms with Crippen molar-refractivity contribution in [3.8, 4) is 5.75 Å². The van der Waals surface area contributed by atoms with Crippen molar-refractivity contribution < 1.29 is 9.53 Å². The fourth-order valence-corrected chi connectivity index (χ4v) is 1.89. The van der Waals surface area contributed by atoms with Gasteiger partial charge in [-0.25, -0.2) is 0 Å². The van der Waals surface area contributed by atoms with Crippen molar-refractivity contribution in [1.82, 2.24) is 5.32 Å². The highest BCUT2D eigenvalue weighted by Crippen LogP contribution is 2.31. The summed E-state index contributed by atoms with van der Waals surface area (Å²) in [5.41, 5.74) is 2.96. The van der Waals surface area contributed by atoms with Crippen LogP contribution < -0.4 is 15.4 Å². The van der Waals surface area contributed by atoms with Gasteiger partial charge in [0.05, 0.1) is 13.7 Å². The lowest BCUT2D eigenvalue weighted by molar-refractivity contribution is -0.115. The smallest absolute Gasteiger partial charge is 0.238 e. The van der Waals surface area contributed by atoms with E-state index in [1.807, 2.05) is 26.0 Å². The second-order valence-electron chi connectivity index (χ2n) is 4.89. The molecule has 4 nitrogen and oxygen atoms in total. The minimum atomic E-state index is -0.0233. The Labute approximate surface area is 115 Å². The SMILES string of the molecule is CCNCC(=O)Nc1cc(C(C)C)c(OC)cc1C. The second-order valence-corrected chi connectivity index (χ2v) is 4.89. The van der Waals surface area contributed by atoms with Crippen LogP contribution in [0.5, 0.6) is 5.75 Å². The molecule has 106 valence electrons. The zero-order valence-electron chi connectivity index (χ0n) is 12.5. The van der Waals surface area contributed by atoms with Crippen LogP contribution in [-0.2, 0) is 4.79 Å². The Bertz CT molecular complexity index is 442. The van der Waals surface area contributed by atoms with E-state index in [1.54, 1.807) is 7.11 Å². The van der Waals surface area contributed by atoms with E-state index in [0.29, 0.717) is 12.5 Å². The van der Waals surface area contributed by atoms with Crippen molar-refractivity contribution >= 4 is 11.6 Å². The van der Waals surface area contributed by atoms with Crippen LogP contribution in [0.2, 0.25) is 0 Å². The zero-order chi connectivity index (χ0) is 14.4. The number of benzene rings is 1. The van der Waals surface area contributed by atoms with Crippen molar-refractivity contribution in [2.75, 3.05) is 25.5 Å². The molecule has 0 aromatic heterocycles. The summed E-state index contributed by atoms with van der Waals surface area (Å²) < 4.78 is 5.39. The first-order valence-corrected chi connectivity index (χ1v) is 6.68. The molecule has 0 heterocycles. The molecule has 0 radical (unpaired) electrons. The molecule has 1 aromatic carbocycles. The van der Waals surface area contributed by atoms with Crippen molar-refractivity contribution in [3.05, 3.63) is 23.3 Å². The molecule has 0 fully saturated rings. The van der Waals surface area contributed by atoms with Gasteiger partial charge in [0.15, 0.2) is 0 Å². The summed E-state index contributed by atoms with van der Waals surface area (Å²) in [7, 11) is 1.67. The van der Waals surface area contributed by atoms with Gasteiger partial charge < -0.3 is 15.4 Å². The molecule has 0 aliphatic carbocycles. The molecule has 2 N–H and O–H groups in total. The van der Waals surface area contributed by atoms with Crippen LogP contribution in [-0.4, -0.2) is 26.1 Å². The fourth-order valence-electron chi connectivity index (χ4n) is 1.89. The number of carbonyl (C=O) groups is 1. The van der Waals surface area contributed by atoms with Gasteiger partial charge >= 0.3 is 0 Å². The molecule has 1 amide bonds. The van der Waals surface area contributed by atoms with Crippen LogP contribution in [0.4, 0.5) is 5.69 Å². The van der Waals surface area contributed by atoms with Crippen LogP contribution in [0.3, 0.4) is 0 Å². The van der Waals surface area contributed by atoms with Crippen LogP contribution in [0.25, 0.3) is 0 Å². The number of likely N-dealkylation sites (N-methyl/N-ethyl adjacent to an activating group) is 1. The van der Waals surface area contributed by atoms with E-state index in [1.165, 1.54) is 0 Å². The van der Waals surface area contributed by atoms with Gasteiger partial charge in [-0.2, -0.15) is 0 Å². The number of hydrogen-bond acceptors (Lipinski definition) is 3. The third kappa shape index (κ3) is 4.24. The average Bonchev–Trinajstić information content (AvgIpc) is 2.37. The Morgan fingerprint density at radius 3 is 2.58 bits per heavy atom. The highest BCUT2D eigenvalue weighted by molar-refractivity contribution is 5.93. The first-order chi connectivity index (χ1) is 8.99. The average molecular weight is 264 g/mol. The molecule has 0 bridgehead atoms. The molecule has 0 spiro atoms. The molecule has 1 rings (SSSR count). The van der Waals surface area contributed by atoms with Gasteiger partial charge in [-0.1, -0.05) is 20.8 Å². The molecule has 19 heavy (non-hydrogen) atoms. The summed E-state index contributed by atoms with van der Waals surface area (Å²) >= 11 is 0. The first-order valence-electron chi connectivity index (χ1n) is 6.68. The number of nitrogens with one attached hydrogen (secondary N) is 2. The lowest BCUT2D eigenvalue weighted by Gasteiger charge is -2.16. The van der Waals surface area contributed by atoms with E-state index in [0.717, 1.165) is 29.1 Å². The molecular weight excluding hydrogens is 240 g/mol. The van der Waals surface area contributed by atoms with Crippen LogP contribution >= 0.6 is 0 Å². The summed E-state index contributed by atoms with van der Waals surface area (Å²) in [6.45, 7) is 9.28. The van der Waals surface area contributed by atoms with Gasteiger partial charge in [-0.15, -0.1) is 0 Å². The Hall–Kier alpha value is -1.55. The topological polar surface area (TPSA) is 50.4 Å². The maximum atomic E-state index is 11.8. The number of anilines is 1. The number of hydrogen-bond donors (Lipinski definition) is 2. The van der Waals surface area contributed by atoms with Gasteiger partial charge in [-0.05, 0) is 42.6 Å². The Kier molecular flexibility index (Phi) is 5.83. The maximum Gasteiger partial charge on any atom is 0.238 e. The maximum absolute atomic E-state index is 11.8. The number of rotatable bonds is 6. The van der Waals surface area contributed by atoms with Crippen molar-refractivity contribution in [3.63, 3.8) is 0 Å². The van der Waals surface area contributed by atoms with E-state index in [-0.39, 0.29) is 5.91 Å². The lowest BCUT2D eigenvalue weighted by Crippen LogP contribution is -2.28. The fraction of sp³-hybridized carbons (Fsp3) is 0.533. The van der Waals surface area contributed by atoms with E-state index in [9.17, 15) is 4.79 Å². The third-order valence-electron chi connectivity index (χ3n) is 3.01.